The van der Waals surface area contributed by atoms with Crippen LogP contribution >= 0.6 is 0 Å². The number of hydrogen-bond donors (Lipinski definition) is 1. The van der Waals surface area contributed by atoms with Crippen molar-refractivity contribution in [1.29, 1.82) is 0 Å². The van der Waals surface area contributed by atoms with E-state index >= 15 is 0 Å². The monoisotopic (exact) mass is 251 g/mol. The van der Waals surface area contributed by atoms with Gasteiger partial charge in [-0.15, -0.1) is 0 Å². The Balaban J connectivity index is 2.53. The largest absolute Gasteiger partial charge is 0.353 e. The summed E-state index contributed by atoms with van der Waals surface area (Å²) >= 11 is 0. The van der Waals surface area contributed by atoms with Gasteiger partial charge in [0.1, 0.15) is 5.41 Å². The number of Topliss-reactive ketones (excluding diaryl/α,β-unsaturated/α-hetero) is 2. The zero-order valence-electron chi connectivity index (χ0n) is 11.7. The van der Waals surface area contributed by atoms with Crippen molar-refractivity contribution in [3.63, 3.8) is 0 Å². The van der Waals surface area contributed by atoms with Gasteiger partial charge in [0.25, 0.3) is 0 Å². The van der Waals surface area contributed by atoms with Crippen LogP contribution in [0.1, 0.15) is 47.5 Å². The van der Waals surface area contributed by atoms with E-state index in [1.165, 1.54) is 0 Å². The quantitative estimate of drug-likeness (QED) is 0.597. The summed E-state index contributed by atoms with van der Waals surface area (Å²) in [6.07, 6.45) is 1.11. The van der Waals surface area contributed by atoms with Crippen molar-refractivity contribution in [1.82, 2.24) is 5.32 Å². The van der Waals surface area contributed by atoms with Gasteiger partial charge < -0.3 is 5.32 Å². The Morgan fingerprint density at radius 2 is 1.67 bits per heavy atom. The van der Waals surface area contributed by atoms with E-state index in [2.05, 4.69) is 5.32 Å². The maximum absolute atomic E-state index is 12.5. The van der Waals surface area contributed by atoms with Crippen LogP contribution in [0.25, 0.3) is 0 Å². The minimum absolute atomic E-state index is 0.0296. The number of amides is 1. The van der Waals surface area contributed by atoms with Gasteiger partial charge in [0.15, 0.2) is 0 Å². The molecule has 0 heterocycles. The van der Waals surface area contributed by atoms with Crippen molar-refractivity contribution in [2.75, 3.05) is 0 Å². The Labute approximate surface area is 108 Å². The van der Waals surface area contributed by atoms with Crippen molar-refractivity contribution < 1.29 is 14.4 Å². The summed E-state index contributed by atoms with van der Waals surface area (Å²) in [5.74, 6) is -1.13. The van der Waals surface area contributed by atoms with E-state index < -0.39 is 22.0 Å². The molecule has 4 nitrogen and oxygen atoms in total. The molecular formula is C14H21NO3. The number of carbonyl (C=O) groups is 3. The van der Waals surface area contributed by atoms with Crippen LogP contribution < -0.4 is 5.32 Å². The van der Waals surface area contributed by atoms with Gasteiger partial charge in [-0.25, -0.2) is 0 Å². The molecule has 2 atom stereocenters. The maximum Gasteiger partial charge on any atom is 0.234 e. The number of carbonyl (C=O) groups excluding carboxylic acids is 3. The molecule has 0 aliphatic heterocycles. The first kappa shape index (κ1) is 13.2. The molecule has 0 radical (unpaired) electrons. The summed E-state index contributed by atoms with van der Waals surface area (Å²) < 4.78 is 0. The smallest absolute Gasteiger partial charge is 0.234 e. The molecule has 0 saturated heterocycles. The van der Waals surface area contributed by atoms with Crippen molar-refractivity contribution in [3.8, 4) is 0 Å². The first-order valence-corrected chi connectivity index (χ1v) is 6.51. The molecule has 2 aliphatic carbocycles. The van der Waals surface area contributed by atoms with Gasteiger partial charge >= 0.3 is 0 Å². The van der Waals surface area contributed by atoms with Gasteiger partial charge in [0, 0.05) is 11.5 Å². The number of nitrogens with one attached hydrogen (secondary N) is 1. The second-order valence-electron chi connectivity index (χ2n) is 6.65. The molecule has 0 aromatic rings. The fraction of sp³-hybridized carbons (Fsp3) is 0.786. The highest BCUT2D eigenvalue weighted by Crippen LogP contribution is 2.68. The zero-order chi connectivity index (χ0) is 13.9. The van der Waals surface area contributed by atoms with E-state index in [1.807, 2.05) is 34.6 Å². The molecular weight excluding hydrogens is 230 g/mol. The average Bonchev–Trinajstić information content (AvgIpc) is 2.51. The van der Waals surface area contributed by atoms with Crippen LogP contribution in [0.4, 0.5) is 0 Å². The van der Waals surface area contributed by atoms with Gasteiger partial charge in [0.05, 0.1) is 0 Å². The van der Waals surface area contributed by atoms with Gasteiger partial charge in [-0.2, -0.15) is 0 Å². The fourth-order valence-corrected chi connectivity index (χ4v) is 3.66. The standard InChI is InChI=1S/C14H21NO3/c1-8(2)15-11(18)14-7-6-13(5,12(14,3)4)9(16)10(14)17/h8H,6-7H2,1-5H3,(H,15,18)/t13-,14-/m1/s1. The zero-order valence-corrected chi connectivity index (χ0v) is 11.7. The normalized spacial score (nSPS) is 37.4. The lowest BCUT2D eigenvalue weighted by Crippen LogP contribution is -2.52. The fourth-order valence-electron chi connectivity index (χ4n) is 3.66. The molecule has 0 unspecified atom stereocenters. The van der Waals surface area contributed by atoms with Crippen LogP contribution in [0, 0.1) is 16.2 Å². The second-order valence-corrected chi connectivity index (χ2v) is 6.65. The minimum atomic E-state index is -1.15. The molecule has 100 valence electrons. The lowest BCUT2D eigenvalue weighted by Gasteiger charge is -2.37. The minimum Gasteiger partial charge on any atom is -0.353 e. The highest BCUT2D eigenvalue weighted by Gasteiger charge is 2.77. The molecule has 0 aromatic carbocycles. The summed E-state index contributed by atoms with van der Waals surface area (Å²) in [6.45, 7) is 9.30. The molecule has 2 aliphatic rings. The lowest BCUT2D eigenvalue weighted by molar-refractivity contribution is -0.149. The van der Waals surface area contributed by atoms with E-state index in [0.29, 0.717) is 12.8 Å². The molecule has 1 amide bonds. The molecule has 2 rings (SSSR count). The predicted molar refractivity (Wildman–Crippen MR) is 66.8 cm³/mol. The van der Waals surface area contributed by atoms with Gasteiger partial charge in [0.2, 0.25) is 17.5 Å². The molecule has 0 spiro atoms. The molecule has 2 fully saturated rings. The third kappa shape index (κ3) is 1.14. The van der Waals surface area contributed by atoms with Crippen molar-refractivity contribution in [2.45, 2.75) is 53.5 Å². The van der Waals surface area contributed by atoms with Gasteiger partial charge in [-0.05, 0) is 32.1 Å². The Bertz CT molecular complexity index is 452. The number of ketones is 2. The van der Waals surface area contributed by atoms with Gasteiger partial charge in [-0.3, -0.25) is 14.4 Å². The summed E-state index contributed by atoms with van der Waals surface area (Å²) in [6, 6.07) is -0.0296. The Morgan fingerprint density at radius 3 is 2.06 bits per heavy atom. The molecule has 1 N–H and O–H groups in total. The molecule has 18 heavy (non-hydrogen) atoms. The van der Waals surface area contributed by atoms with Gasteiger partial charge in [-0.1, -0.05) is 20.8 Å². The van der Waals surface area contributed by atoms with E-state index in [0.717, 1.165) is 0 Å². The SMILES string of the molecule is CC(C)NC(=O)[C@@]12CC[C@](C)(C(=O)C1=O)C2(C)C. The third-order valence-electron chi connectivity index (χ3n) is 5.35. The Hall–Kier alpha value is -1.19. The van der Waals surface area contributed by atoms with Crippen LogP contribution in [0.5, 0.6) is 0 Å². The summed E-state index contributed by atoms with van der Waals surface area (Å²) in [5.41, 5.74) is -2.44. The molecule has 4 heteroatoms. The lowest BCUT2D eigenvalue weighted by atomic mass is 9.64. The molecule has 0 aromatic heterocycles. The van der Waals surface area contributed by atoms with Crippen molar-refractivity contribution >= 4 is 17.5 Å². The van der Waals surface area contributed by atoms with Crippen LogP contribution in [0.2, 0.25) is 0 Å². The van der Waals surface area contributed by atoms with Crippen LogP contribution in [0.3, 0.4) is 0 Å². The number of fused-ring (bicyclic) bond motifs is 2. The van der Waals surface area contributed by atoms with Crippen LogP contribution in [-0.4, -0.2) is 23.5 Å². The highest BCUT2D eigenvalue weighted by atomic mass is 16.2. The number of rotatable bonds is 2. The summed E-state index contributed by atoms with van der Waals surface area (Å²) in [5, 5.41) is 2.81. The molecule has 2 saturated carbocycles. The van der Waals surface area contributed by atoms with Crippen LogP contribution in [0.15, 0.2) is 0 Å². The summed E-state index contributed by atoms with van der Waals surface area (Å²) in [7, 11) is 0. The van der Waals surface area contributed by atoms with E-state index in [-0.39, 0.29) is 17.7 Å². The highest BCUT2D eigenvalue weighted by molar-refractivity contribution is 6.48. The van der Waals surface area contributed by atoms with Crippen molar-refractivity contribution in [2.24, 2.45) is 16.2 Å². The molecule has 2 bridgehead atoms. The topological polar surface area (TPSA) is 63.2 Å². The number of hydrogen-bond acceptors (Lipinski definition) is 3. The van der Waals surface area contributed by atoms with E-state index in [1.54, 1.807) is 0 Å². The van der Waals surface area contributed by atoms with E-state index in [4.69, 9.17) is 0 Å². The third-order valence-corrected chi connectivity index (χ3v) is 5.35. The van der Waals surface area contributed by atoms with E-state index in [9.17, 15) is 14.4 Å². The first-order chi connectivity index (χ1) is 8.11. The van der Waals surface area contributed by atoms with Crippen LogP contribution in [-0.2, 0) is 14.4 Å². The Morgan fingerprint density at radius 1 is 1.11 bits per heavy atom. The maximum atomic E-state index is 12.5. The van der Waals surface area contributed by atoms with Crippen molar-refractivity contribution in [3.05, 3.63) is 0 Å². The first-order valence-electron chi connectivity index (χ1n) is 6.51. The second kappa shape index (κ2) is 3.43. The predicted octanol–water partition coefficient (Wildman–Crippen LogP) is 1.48. The summed E-state index contributed by atoms with van der Waals surface area (Å²) in [4.78, 5) is 37.0. The Kier molecular flexibility index (Phi) is 2.52. The average molecular weight is 251 g/mol.